The van der Waals surface area contributed by atoms with Gasteiger partial charge in [0.2, 0.25) is 0 Å². The standard InChI is InChI=1S/C14H14N2O/c1-17-13-9-7-12(8-10-13)16-14(15)11-5-3-2-4-6-11/h2-10H,1H3,(H2,15,16). The summed E-state index contributed by atoms with van der Waals surface area (Å²) in [5.74, 6) is 1.32. The Kier molecular flexibility index (Phi) is 3.40. The van der Waals surface area contributed by atoms with E-state index in [0.717, 1.165) is 17.0 Å². The Hall–Kier alpha value is -2.29. The largest absolute Gasteiger partial charge is 0.497 e. The van der Waals surface area contributed by atoms with Crippen LogP contribution in [0, 0.1) is 0 Å². The number of aliphatic imine (C=N–C) groups is 1. The van der Waals surface area contributed by atoms with E-state index in [4.69, 9.17) is 10.5 Å². The first kappa shape index (κ1) is 11.2. The van der Waals surface area contributed by atoms with E-state index < -0.39 is 0 Å². The summed E-state index contributed by atoms with van der Waals surface area (Å²) in [6, 6.07) is 17.1. The topological polar surface area (TPSA) is 47.6 Å². The molecule has 0 aliphatic heterocycles. The highest BCUT2D eigenvalue weighted by atomic mass is 16.5. The number of rotatable bonds is 3. The van der Waals surface area contributed by atoms with Crippen molar-refractivity contribution in [3.8, 4) is 5.75 Å². The van der Waals surface area contributed by atoms with Crippen LogP contribution in [0.1, 0.15) is 5.56 Å². The Morgan fingerprint density at radius 1 is 1.00 bits per heavy atom. The van der Waals surface area contributed by atoms with Crippen molar-refractivity contribution in [3.05, 3.63) is 60.2 Å². The molecule has 0 heterocycles. The molecule has 0 aliphatic carbocycles. The molecule has 86 valence electrons. The molecular weight excluding hydrogens is 212 g/mol. The number of hydrogen-bond acceptors (Lipinski definition) is 2. The molecule has 2 aromatic carbocycles. The zero-order valence-electron chi connectivity index (χ0n) is 9.63. The average Bonchev–Trinajstić information content (AvgIpc) is 2.40. The van der Waals surface area contributed by atoms with Gasteiger partial charge >= 0.3 is 0 Å². The molecular formula is C14H14N2O. The molecule has 0 bridgehead atoms. The zero-order valence-corrected chi connectivity index (χ0v) is 9.63. The second kappa shape index (κ2) is 5.16. The molecule has 3 nitrogen and oxygen atoms in total. The van der Waals surface area contributed by atoms with E-state index >= 15 is 0 Å². The van der Waals surface area contributed by atoms with Crippen molar-refractivity contribution >= 4 is 11.5 Å². The van der Waals surface area contributed by atoms with Crippen LogP contribution in [0.15, 0.2) is 59.6 Å². The summed E-state index contributed by atoms with van der Waals surface area (Å²) >= 11 is 0. The number of hydrogen-bond donors (Lipinski definition) is 1. The van der Waals surface area contributed by atoms with E-state index in [-0.39, 0.29) is 0 Å². The van der Waals surface area contributed by atoms with Gasteiger partial charge in [-0.05, 0) is 24.3 Å². The number of ether oxygens (including phenoxy) is 1. The predicted octanol–water partition coefficient (Wildman–Crippen LogP) is 2.73. The van der Waals surface area contributed by atoms with Crippen molar-refractivity contribution in [1.82, 2.24) is 0 Å². The maximum absolute atomic E-state index is 5.92. The van der Waals surface area contributed by atoms with Gasteiger partial charge in [0.15, 0.2) is 0 Å². The molecule has 0 saturated heterocycles. The summed E-state index contributed by atoms with van der Waals surface area (Å²) in [6.45, 7) is 0. The molecule has 0 amide bonds. The van der Waals surface area contributed by atoms with Gasteiger partial charge in [0.1, 0.15) is 11.6 Å². The van der Waals surface area contributed by atoms with E-state index in [9.17, 15) is 0 Å². The van der Waals surface area contributed by atoms with Gasteiger partial charge < -0.3 is 10.5 Å². The van der Waals surface area contributed by atoms with Crippen LogP contribution in [0.2, 0.25) is 0 Å². The number of benzene rings is 2. The molecule has 2 aromatic rings. The zero-order chi connectivity index (χ0) is 12.1. The molecule has 0 atom stereocenters. The molecule has 0 aliphatic rings. The fraction of sp³-hybridized carbons (Fsp3) is 0.0714. The van der Waals surface area contributed by atoms with Crippen molar-refractivity contribution in [2.75, 3.05) is 7.11 Å². The molecule has 2 rings (SSSR count). The molecule has 0 spiro atoms. The van der Waals surface area contributed by atoms with Crippen molar-refractivity contribution in [1.29, 1.82) is 0 Å². The lowest BCUT2D eigenvalue weighted by Crippen LogP contribution is -2.12. The second-order valence-electron chi connectivity index (χ2n) is 3.56. The number of nitrogens with zero attached hydrogens (tertiary/aromatic N) is 1. The molecule has 3 heteroatoms. The molecule has 0 radical (unpaired) electrons. The minimum absolute atomic E-state index is 0.510. The van der Waals surface area contributed by atoms with Gasteiger partial charge in [0.05, 0.1) is 12.8 Å². The normalized spacial score (nSPS) is 11.2. The summed E-state index contributed by atoms with van der Waals surface area (Å²) in [5.41, 5.74) is 7.65. The maximum Gasteiger partial charge on any atom is 0.131 e. The third-order valence-corrected chi connectivity index (χ3v) is 2.39. The minimum Gasteiger partial charge on any atom is -0.497 e. The molecule has 2 N–H and O–H groups in total. The van der Waals surface area contributed by atoms with Gasteiger partial charge in [-0.25, -0.2) is 4.99 Å². The molecule has 0 saturated carbocycles. The van der Waals surface area contributed by atoms with Gasteiger partial charge in [-0.3, -0.25) is 0 Å². The van der Waals surface area contributed by atoms with Gasteiger partial charge in [0, 0.05) is 5.56 Å². The van der Waals surface area contributed by atoms with Crippen LogP contribution >= 0.6 is 0 Å². The minimum atomic E-state index is 0.510. The first-order valence-electron chi connectivity index (χ1n) is 5.33. The fourth-order valence-corrected chi connectivity index (χ4v) is 1.47. The van der Waals surface area contributed by atoms with Crippen molar-refractivity contribution in [2.45, 2.75) is 0 Å². The summed E-state index contributed by atoms with van der Waals surface area (Å²) in [7, 11) is 1.64. The summed E-state index contributed by atoms with van der Waals surface area (Å²) in [4.78, 5) is 4.34. The first-order valence-corrected chi connectivity index (χ1v) is 5.33. The van der Waals surface area contributed by atoms with Crippen LogP contribution in [0.25, 0.3) is 0 Å². The lowest BCUT2D eigenvalue weighted by Gasteiger charge is -2.02. The predicted molar refractivity (Wildman–Crippen MR) is 69.8 cm³/mol. The monoisotopic (exact) mass is 226 g/mol. The Balaban J connectivity index is 2.23. The first-order chi connectivity index (χ1) is 8.29. The summed E-state index contributed by atoms with van der Waals surface area (Å²) in [5, 5.41) is 0. The Labute approximate surface area is 101 Å². The van der Waals surface area contributed by atoms with Crippen LogP contribution in [0.3, 0.4) is 0 Å². The van der Waals surface area contributed by atoms with Crippen LogP contribution in [0.4, 0.5) is 5.69 Å². The maximum atomic E-state index is 5.92. The third kappa shape index (κ3) is 2.84. The van der Waals surface area contributed by atoms with Crippen LogP contribution < -0.4 is 10.5 Å². The average molecular weight is 226 g/mol. The van der Waals surface area contributed by atoms with Gasteiger partial charge in [-0.2, -0.15) is 0 Å². The van der Waals surface area contributed by atoms with Gasteiger partial charge in [0.25, 0.3) is 0 Å². The number of nitrogens with two attached hydrogens (primary N) is 1. The second-order valence-corrected chi connectivity index (χ2v) is 3.56. The summed E-state index contributed by atoms with van der Waals surface area (Å²) in [6.07, 6.45) is 0. The Morgan fingerprint density at radius 3 is 2.24 bits per heavy atom. The van der Waals surface area contributed by atoms with Crippen LogP contribution in [-0.4, -0.2) is 12.9 Å². The fourth-order valence-electron chi connectivity index (χ4n) is 1.47. The number of methoxy groups -OCH3 is 1. The quantitative estimate of drug-likeness (QED) is 0.646. The molecule has 0 aromatic heterocycles. The van der Waals surface area contributed by atoms with E-state index in [1.165, 1.54) is 0 Å². The lowest BCUT2D eigenvalue weighted by molar-refractivity contribution is 0.415. The summed E-state index contributed by atoms with van der Waals surface area (Å²) < 4.78 is 5.08. The van der Waals surface area contributed by atoms with Crippen molar-refractivity contribution < 1.29 is 4.74 Å². The smallest absolute Gasteiger partial charge is 0.131 e. The van der Waals surface area contributed by atoms with E-state index in [1.807, 2.05) is 54.6 Å². The van der Waals surface area contributed by atoms with Gasteiger partial charge in [-0.15, -0.1) is 0 Å². The highest BCUT2D eigenvalue weighted by Crippen LogP contribution is 2.18. The Bertz CT molecular complexity index is 504. The SMILES string of the molecule is COc1ccc(N=C(N)c2ccccc2)cc1. The molecule has 0 fully saturated rings. The van der Waals surface area contributed by atoms with Crippen molar-refractivity contribution in [3.63, 3.8) is 0 Å². The van der Waals surface area contributed by atoms with Crippen LogP contribution in [0.5, 0.6) is 5.75 Å². The third-order valence-electron chi connectivity index (χ3n) is 2.39. The van der Waals surface area contributed by atoms with Crippen molar-refractivity contribution in [2.24, 2.45) is 10.7 Å². The Morgan fingerprint density at radius 2 is 1.65 bits per heavy atom. The highest BCUT2D eigenvalue weighted by Gasteiger charge is 1.97. The molecule has 0 unspecified atom stereocenters. The highest BCUT2D eigenvalue weighted by molar-refractivity contribution is 5.98. The number of amidine groups is 1. The lowest BCUT2D eigenvalue weighted by atomic mass is 10.2. The van der Waals surface area contributed by atoms with E-state index in [0.29, 0.717) is 5.84 Å². The van der Waals surface area contributed by atoms with Crippen LogP contribution in [-0.2, 0) is 0 Å². The molecule has 17 heavy (non-hydrogen) atoms. The van der Waals surface area contributed by atoms with E-state index in [2.05, 4.69) is 4.99 Å². The van der Waals surface area contributed by atoms with Gasteiger partial charge in [-0.1, -0.05) is 30.3 Å². The van der Waals surface area contributed by atoms with E-state index in [1.54, 1.807) is 7.11 Å².